The first kappa shape index (κ1) is 16.2. The number of fused-ring (bicyclic) bond motifs is 2. The van der Waals surface area contributed by atoms with Crippen molar-refractivity contribution >= 4 is 28.2 Å². The van der Waals surface area contributed by atoms with Crippen molar-refractivity contribution in [3.8, 4) is 11.5 Å². The van der Waals surface area contributed by atoms with E-state index >= 15 is 0 Å². The summed E-state index contributed by atoms with van der Waals surface area (Å²) in [5.74, 6) is 1.14. The van der Waals surface area contributed by atoms with Gasteiger partial charge in [0.1, 0.15) is 13.2 Å². The lowest BCUT2D eigenvalue weighted by Gasteiger charge is -2.19. The molecule has 0 spiro atoms. The molecule has 4 rings (SSSR count). The van der Waals surface area contributed by atoms with Crippen LogP contribution in [0.4, 0.5) is 11.4 Å². The molecule has 0 atom stereocenters. The highest BCUT2D eigenvalue weighted by Crippen LogP contribution is 2.35. The standard InChI is InChI=1S/C20H18N2O4/c1-24-20(23)12-14-10-17(15-4-2-3-5-16(15)22-14)21-13-6-7-18-19(11-13)26-9-8-25-18/h2-7,10-11H,8-9,12H2,1H3,(H,21,22). The number of carbonyl (C=O) groups excluding carboxylic acids is 1. The lowest BCUT2D eigenvalue weighted by atomic mass is 10.1. The normalized spacial score (nSPS) is 12.7. The molecular formula is C20H18N2O4. The Morgan fingerprint density at radius 1 is 1.12 bits per heavy atom. The number of methoxy groups -OCH3 is 1. The molecule has 0 radical (unpaired) electrons. The van der Waals surface area contributed by atoms with Crippen molar-refractivity contribution in [2.45, 2.75) is 6.42 Å². The minimum atomic E-state index is -0.321. The summed E-state index contributed by atoms with van der Waals surface area (Å²) in [6, 6.07) is 15.4. The molecule has 1 aliphatic rings. The number of nitrogens with zero attached hydrogens (tertiary/aromatic N) is 1. The fraction of sp³-hybridized carbons (Fsp3) is 0.200. The topological polar surface area (TPSA) is 69.7 Å². The van der Waals surface area contributed by atoms with Crippen LogP contribution in [-0.2, 0) is 16.0 Å². The molecule has 0 amide bonds. The second kappa shape index (κ2) is 6.92. The van der Waals surface area contributed by atoms with Gasteiger partial charge < -0.3 is 19.5 Å². The fourth-order valence-corrected chi connectivity index (χ4v) is 2.92. The molecular weight excluding hydrogens is 332 g/mol. The maximum absolute atomic E-state index is 11.6. The molecule has 6 nitrogen and oxygen atoms in total. The van der Waals surface area contributed by atoms with Gasteiger partial charge in [0, 0.05) is 22.8 Å². The van der Waals surface area contributed by atoms with Crippen LogP contribution >= 0.6 is 0 Å². The number of carbonyl (C=O) groups is 1. The van der Waals surface area contributed by atoms with Gasteiger partial charge >= 0.3 is 5.97 Å². The SMILES string of the molecule is COC(=O)Cc1cc(Nc2ccc3c(c2)OCCO3)c2ccccc2n1. The zero-order valence-corrected chi connectivity index (χ0v) is 14.3. The van der Waals surface area contributed by atoms with Crippen molar-refractivity contribution in [3.63, 3.8) is 0 Å². The second-order valence-corrected chi connectivity index (χ2v) is 5.91. The predicted molar refractivity (Wildman–Crippen MR) is 98.2 cm³/mol. The van der Waals surface area contributed by atoms with Gasteiger partial charge in [0.2, 0.25) is 0 Å². The van der Waals surface area contributed by atoms with Crippen LogP contribution in [0.1, 0.15) is 5.69 Å². The highest BCUT2D eigenvalue weighted by molar-refractivity contribution is 5.93. The van der Waals surface area contributed by atoms with Crippen LogP contribution in [-0.4, -0.2) is 31.3 Å². The summed E-state index contributed by atoms with van der Waals surface area (Å²) < 4.78 is 16.0. The molecule has 0 aliphatic carbocycles. The highest BCUT2D eigenvalue weighted by Gasteiger charge is 2.13. The first-order valence-corrected chi connectivity index (χ1v) is 8.35. The van der Waals surface area contributed by atoms with Gasteiger partial charge in [-0.3, -0.25) is 9.78 Å². The van der Waals surface area contributed by atoms with Crippen LogP contribution in [0.3, 0.4) is 0 Å². The molecule has 0 saturated carbocycles. The molecule has 1 N–H and O–H groups in total. The molecule has 0 saturated heterocycles. The molecule has 1 aliphatic heterocycles. The zero-order chi connectivity index (χ0) is 17.9. The Labute approximate surface area is 150 Å². The number of hydrogen-bond donors (Lipinski definition) is 1. The average molecular weight is 350 g/mol. The number of anilines is 2. The lowest BCUT2D eigenvalue weighted by Crippen LogP contribution is -2.15. The molecule has 1 aromatic heterocycles. The Hall–Kier alpha value is -3.28. The Bertz CT molecular complexity index is 971. The van der Waals surface area contributed by atoms with E-state index in [9.17, 15) is 4.79 Å². The van der Waals surface area contributed by atoms with Gasteiger partial charge in [-0.05, 0) is 24.3 Å². The van der Waals surface area contributed by atoms with E-state index in [1.54, 1.807) is 0 Å². The maximum atomic E-state index is 11.6. The van der Waals surface area contributed by atoms with E-state index in [-0.39, 0.29) is 12.4 Å². The van der Waals surface area contributed by atoms with Gasteiger partial charge in [0.05, 0.1) is 24.7 Å². The van der Waals surface area contributed by atoms with Gasteiger partial charge in [-0.25, -0.2) is 0 Å². The summed E-state index contributed by atoms with van der Waals surface area (Å²) >= 11 is 0. The average Bonchev–Trinajstić information content (AvgIpc) is 2.68. The number of aromatic nitrogens is 1. The van der Waals surface area contributed by atoms with Crippen molar-refractivity contribution in [3.05, 3.63) is 54.2 Å². The first-order chi connectivity index (χ1) is 12.7. The summed E-state index contributed by atoms with van der Waals surface area (Å²) in [6.07, 6.45) is 0.122. The van der Waals surface area contributed by atoms with Crippen LogP contribution < -0.4 is 14.8 Å². The van der Waals surface area contributed by atoms with E-state index in [1.165, 1.54) is 7.11 Å². The Morgan fingerprint density at radius 2 is 1.92 bits per heavy atom. The van der Waals surface area contributed by atoms with E-state index in [0.29, 0.717) is 18.9 Å². The number of pyridine rings is 1. The quantitative estimate of drug-likeness (QED) is 0.727. The Balaban J connectivity index is 1.71. The molecule has 0 unspecified atom stereocenters. The minimum Gasteiger partial charge on any atom is -0.486 e. The molecule has 2 aromatic carbocycles. The van der Waals surface area contributed by atoms with Gasteiger partial charge in [-0.15, -0.1) is 0 Å². The smallest absolute Gasteiger partial charge is 0.311 e. The van der Waals surface area contributed by atoms with Crippen molar-refractivity contribution in [1.82, 2.24) is 4.98 Å². The second-order valence-electron chi connectivity index (χ2n) is 5.91. The third-order valence-corrected chi connectivity index (χ3v) is 4.14. The van der Waals surface area contributed by atoms with Crippen molar-refractivity contribution in [1.29, 1.82) is 0 Å². The minimum absolute atomic E-state index is 0.122. The molecule has 0 bridgehead atoms. The number of rotatable bonds is 4. The molecule has 6 heteroatoms. The Kier molecular flexibility index (Phi) is 4.31. The third kappa shape index (κ3) is 3.26. The largest absolute Gasteiger partial charge is 0.486 e. The van der Waals surface area contributed by atoms with Crippen molar-refractivity contribution in [2.75, 3.05) is 25.6 Å². The summed E-state index contributed by atoms with van der Waals surface area (Å²) in [5, 5.41) is 4.37. The maximum Gasteiger partial charge on any atom is 0.311 e. The summed E-state index contributed by atoms with van der Waals surface area (Å²) in [5.41, 5.74) is 3.20. The van der Waals surface area contributed by atoms with E-state index in [4.69, 9.17) is 14.2 Å². The monoisotopic (exact) mass is 350 g/mol. The van der Waals surface area contributed by atoms with E-state index in [1.807, 2.05) is 48.5 Å². The molecule has 26 heavy (non-hydrogen) atoms. The van der Waals surface area contributed by atoms with Crippen molar-refractivity contribution in [2.24, 2.45) is 0 Å². The van der Waals surface area contributed by atoms with Gasteiger partial charge in [0.25, 0.3) is 0 Å². The number of ether oxygens (including phenoxy) is 3. The third-order valence-electron chi connectivity index (χ3n) is 4.14. The number of benzene rings is 2. The molecule has 132 valence electrons. The summed E-state index contributed by atoms with van der Waals surface area (Å²) in [4.78, 5) is 16.2. The Morgan fingerprint density at radius 3 is 2.77 bits per heavy atom. The van der Waals surface area contributed by atoms with Crippen LogP contribution in [0.25, 0.3) is 10.9 Å². The van der Waals surface area contributed by atoms with Gasteiger partial charge in [-0.1, -0.05) is 18.2 Å². The van der Waals surface area contributed by atoms with Crippen LogP contribution in [0.2, 0.25) is 0 Å². The van der Waals surface area contributed by atoms with Crippen LogP contribution in [0, 0.1) is 0 Å². The number of para-hydroxylation sites is 1. The molecule has 3 aromatic rings. The van der Waals surface area contributed by atoms with E-state index < -0.39 is 0 Å². The number of esters is 1. The molecule has 0 fully saturated rings. The fourth-order valence-electron chi connectivity index (χ4n) is 2.92. The zero-order valence-electron chi connectivity index (χ0n) is 14.3. The number of nitrogens with one attached hydrogen (secondary N) is 1. The van der Waals surface area contributed by atoms with E-state index in [0.717, 1.165) is 33.8 Å². The van der Waals surface area contributed by atoms with Crippen LogP contribution in [0.5, 0.6) is 11.5 Å². The highest BCUT2D eigenvalue weighted by atomic mass is 16.6. The molecule has 2 heterocycles. The predicted octanol–water partition coefficient (Wildman–Crippen LogP) is 3.47. The van der Waals surface area contributed by atoms with Crippen LogP contribution in [0.15, 0.2) is 48.5 Å². The number of hydrogen-bond acceptors (Lipinski definition) is 6. The van der Waals surface area contributed by atoms with Crippen molar-refractivity contribution < 1.29 is 19.0 Å². The van der Waals surface area contributed by atoms with Gasteiger partial charge in [-0.2, -0.15) is 0 Å². The van der Waals surface area contributed by atoms with Gasteiger partial charge in [0.15, 0.2) is 11.5 Å². The van der Waals surface area contributed by atoms with E-state index in [2.05, 4.69) is 10.3 Å². The lowest BCUT2D eigenvalue weighted by molar-refractivity contribution is -0.139. The summed E-state index contributed by atoms with van der Waals surface area (Å²) in [7, 11) is 1.37. The summed E-state index contributed by atoms with van der Waals surface area (Å²) in [6.45, 7) is 1.10. The first-order valence-electron chi connectivity index (χ1n) is 8.35.